The van der Waals surface area contributed by atoms with Crippen LogP contribution >= 0.6 is 0 Å². The van der Waals surface area contributed by atoms with Crippen LogP contribution in [0, 0.1) is 11.3 Å². The maximum Gasteiger partial charge on any atom is 0.0383 e. The van der Waals surface area contributed by atoms with Gasteiger partial charge in [0.05, 0.1) is 0 Å². The van der Waals surface area contributed by atoms with Gasteiger partial charge in [-0.3, -0.25) is 0 Å². The van der Waals surface area contributed by atoms with Gasteiger partial charge in [0.1, 0.15) is 0 Å². The van der Waals surface area contributed by atoms with Crippen molar-refractivity contribution in [1.29, 1.82) is 0 Å². The van der Waals surface area contributed by atoms with Crippen molar-refractivity contribution < 1.29 is 0 Å². The molecule has 0 aromatic rings. The summed E-state index contributed by atoms with van der Waals surface area (Å²) in [4.78, 5) is 4.50. The predicted octanol–water partition coefficient (Wildman–Crippen LogP) is 5.86. The van der Waals surface area contributed by atoms with Gasteiger partial charge >= 0.3 is 0 Å². The molecule has 0 N–H and O–H groups in total. The van der Waals surface area contributed by atoms with Gasteiger partial charge < -0.3 is 9.80 Å². The van der Waals surface area contributed by atoms with Crippen molar-refractivity contribution in [1.82, 2.24) is 9.80 Å². The van der Waals surface area contributed by atoms with Crippen molar-refractivity contribution in [3.8, 4) is 0 Å². The molecule has 2 atom stereocenters. The first-order valence-corrected chi connectivity index (χ1v) is 8.79. The molecule has 0 aromatic carbocycles. The molecule has 0 aromatic heterocycles. The van der Waals surface area contributed by atoms with Crippen LogP contribution in [-0.2, 0) is 0 Å². The fourth-order valence-electron chi connectivity index (χ4n) is 3.91. The first-order chi connectivity index (χ1) is 11.4. The van der Waals surface area contributed by atoms with Crippen molar-refractivity contribution in [3.05, 3.63) is 75.4 Å². The van der Waals surface area contributed by atoms with Crippen LogP contribution in [0.25, 0.3) is 0 Å². The quantitative estimate of drug-likeness (QED) is 0.515. The lowest BCUT2D eigenvalue weighted by molar-refractivity contribution is 0.0298. The van der Waals surface area contributed by atoms with Crippen LogP contribution in [0.1, 0.15) is 40.0 Å². The molecule has 0 amide bonds. The summed E-state index contributed by atoms with van der Waals surface area (Å²) in [6.07, 6.45) is 19.2. The summed E-state index contributed by atoms with van der Waals surface area (Å²) in [5.74, 6) is 0.478. The molecule has 1 aliphatic carbocycles. The zero-order chi connectivity index (χ0) is 18.2. The standard InChI is InChI=1S/C22H34N2/c1-8-12-17-23(10-3)19-15-14-16-20(21(19)22(5,6)7)24(11-4)18-13-9-2/h8-13,17-21H,1-4,14-16H2,5-7H3/b17-12-,18-13-. The van der Waals surface area contributed by atoms with Crippen molar-refractivity contribution in [2.45, 2.75) is 52.1 Å². The minimum Gasteiger partial charge on any atom is -0.351 e. The summed E-state index contributed by atoms with van der Waals surface area (Å²) >= 11 is 0. The Morgan fingerprint density at radius 3 is 1.50 bits per heavy atom. The van der Waals surface area contributed by atoms with E-state index in [1.54, 1.807) is 0 Å². The normalized spacial score (nSPS) is 24.7. The minimum atomic E-state index is 0.169. The average molecular weight is 327 g/mol. The van der Waals surface area contributed by atoms with Gasteiger partial charge in [0, 0.05) is 30.4 Å². The van der Waals surface area contributed by atoms with E-state index in [-0.39, 0.29) is 5.41 Å². The SMILES string of the molecule is C=C/C=C\N(C=C)C1CCCC(N(C=C)/C=C\C=C)C1C(C)(C)C. The molecule has 0 heterocycles. The van der Waals surface area contributed by atoms with E-state index >= 15 is 0 Å². The van der Waals surface area contributed by atoms with E-state index in [1.807, 2.05) is 36.7 Å². The summed E-state index contributed by atoms with van der Waals surface area (Å²) in [5.41, 5.74) is 0.169. The zero-order valence-corrected chi connectivity index (χ0v) is 15.7. The van der Waals surface area contributed by atoms with Gasteiger partial charge in [-0.15, -0.1) is 0 Å². The van der Waals surface area contributed by atoms with E-state index < -0.39 is 0 Å². The number of nitrogens with zero attached hydrogens (tertiary/aromatic N) is 2. The first-order valence-electron chi connectivity index (χ1n) is 8.79. The molecule has 0 aliphatic heterocycles. The minimum absolute atomic E-state index is 0.169. The highest BCUT2D eigenvalue weighted by atomic mass is 15.2. The van der Waals surface area contributed by atoms with Crippen molar-refractivity contribution in [2.24, 2.45) is 11.3 Å². The number of allylic oxidation sites excluding steroid dienone is 4. The van der Waals surface area contributed by atoms with Crippen LogP contribution in [0.4, 0.5) is 0 Å². The molecule has 2 heteroatoms. The fourth-order valence-corrected chi connectivity index (χ4v) is 3.91. The lowest BCUT2D eigenvalue weighted by atomic mass is 9.66. The van der Waals surface area contributed by atoms with E-state index in [0.717, 1.165) is 0 Å². The van der Waals surface area contributed by atoms with Gasteiger partial charge in [0.2, 0.25) is 0 Å². The third-order valence-electron chi connectivity index (χ3n) is 4.80. The van der Waals surface area contributed by atoms with Crippen molar-refractivity contribution in [3.63, 3.8) is 0 Å². The molecule has 2 nitrogen and oxygen atoms in total. The Balaban J connectivity index is 3.24. The van der Waals surface area contributed by atoms with E-state index in [1.165, 1.54) is 19.3 Å². The first kappa shape index (κ1) is 20.1. The van der Waals surface area contributed by atoms with Gasteiger partial charge in [-0.25, -0.2) is 0 Å². The molecule has 132 valence electrons. The molecule has 1 fully saturated rings. The average Bonchev–Trinajstić information content (AvgIpc) is 2.55. The van der Waals surface area contributed by atoms with Crippen molar-refractivity contribution in [2.75, 3.05) is 0 Å². The lowest BCUT2D eigenvalue weighted by Crippen LogP contribution is -2.53. The zero-order valence-electron chi connectivity index (χ0n) is 15.7. The Hall–Kier alpha value is -1.96. The summed E-state index contributed by atoms with van der Waals surface area (Å²) in [6, 6.07) is 0.828. The highest BCUT2D eigenvalue weighted by Gasteiger charge is 2.43. The molecule has 0 radical (unpaired) electrons. The maximum atomic E-state index is 4.02. The topological polar surface area (TPSA) is 6.48 Å². The van der Waals surface area contributed by atoms with E-state index in [4.69, 9.17) is 0 Å². The summed E-state index contributed by atoms with van der Waals surface area (Å²) in [6.45, 7) is 22.6. The van der Waals surface area contributed by atoms with Gasteiger partial charge in [-0.2, -0.15) is 0 Å². The Kier molecular flexibility index (Phi) is 7.84. The van der Waals surface area contributed by atoms with Crippen LogP contribution in [0.5, 0.6) is 0 Å². The van der Waals surface area contributed by atoms with Crippen LogP contribution in [0.2, 0.25) is 0 Å². The predicted molar refractivity (Wildman–Crippen MR) is 107 cm³/mol. The van der Waals surface area contributed by atoms with E-state index in [2.05, 4.69) is 69.3 Å². The monoisotopic (exact) mass is 326 g/mol. The molecule has 1 rings (SSSR count). The third-order valence-corrected chi connectivity index (χ3v) is 4.80. The Bertz CT molecular complexity index is 455. The van der Waals surface area contributed by atoms with Crippen LogP contribution in [0.15, 0.2) is 75.4 Å². The van der Waals surface area contributed by atoms with Crippen LogP contribution < -0.4 is 0 Å². The lowest BCUT2D eigenvalue weighted by Gasteiger charge is -2.51. The third kappa shape index (κ3) is 5.02. The summed E-state index contributed by atoms with van der Waals surface area (Å²) < 4.78 is 0. The Morgan fingerprint density at radius 2 is 1.21 bits per heavy atom. The molecule has 0 bridgehead atoms. The second-order valence-electron chi connectivity index (χ2n) is 7.37. The number of hydrogen-bond acceptors (Lipinski definition) is 2. The Morgan fingerprint density at radius 1 is 0.792 bits per heavy atom. The van der Waals surface area contributed by atoms with Crippen molar-refractivity contribution >= 4 is 0 Å². The molecule has 0 saturated heterocycles. The van der Waals surface area contributed by atoms with Gasteiger partial charge in [-0.05, 0) is 49.2 Å². The van der Waals surface area contributed by atoms with E-state index in [0.29, 0.717) is 18.0 Å². The highest BCUT2D eigenvalue weighted by molar-refractivity contribution is 5.09. The van der Waals surface area contributed by atoms with Crippen LogP contribution in [-0.4, -0.2) is 21.9 Å². The van der Waals surface area contributed by atoms with Gasteiger partial charge in [0.15, 0.2) is 0 Å². The maximum absolute atomic E-state index is 4.02. The molecule has 24 heavy (non-hydrogen) atoms. The fraction of sp³-hybridized carbons (Fsp3) is 0.455. The van der Waals surface area contributed by atoms with Gasteiger partial charge in [0.25, 0.3) is 0 Å². The second kappa shape index (κ2) is 9.36. The molecular weight excluding hydrogens is 292 g/mol. The summed E-state index contributed by atoms with van der Waals surface area (Å²) in [7, 11) is 0. The van der Waals surface area contributed by atoms with Gasteiger partial charge in [-0.1, -0.05) is 59.2 Å². The second-order valence-corrected chi connectivity index (χ2v) is 7.37. The molecule has 2 unspecified atom stereocenters. The molecular formula is C22H34N2. The largest absolute Gasteiger partial charge is 0.351 e. The Labute approximate surface area is 149 Å². The summed E-state index contributed by atoms with van der Waals surface area (Å²) in [5, 5.41) is 0. The number of rotatable bonds is 8. The molecule has 0 spiro atoms. The molecule has 1 aliphatic rings. The molecule has 1 saturated carbocycles. The smallest absolute Gasteiger partial charge is 0.0383 e. The van der Waals surface area contributed by atoms with E-state index in [9.17, 15) is 0 Å². The number of hydrogen-bond donors (Lipinski definition) is 0. The van der Waals surface area contributed by atoms with Crippen LogP contribution in [0.3, 0.4) is 0 Å². The highest BCUT2D eigenvalue weighted by Crippen LogP contribution is 2.43.